The minimum atomic E-state index is -1.96. The van der Waals surface area contributed by atoms with Crippen LogP contribution >= 0.6 is 0 Å². The SMILES string of the molecule is [2H]C1([2H])c2cccc(-c3c(F)ccc4c3oc3c(-c5cccc[n+]5C)c(C)ccc34)c2C([2H])([2H])C1C1CCCCC1. The predicted octanol–water partition coefficient (Wildman–Crippen LogP) is 8.49. The van der Waals surface area contributed by atoms with E-state index in [0.717, 1.165) is 59.7 Å². The Morgan fingerprint density at radius 3 is 2.43 bits per heavy atom. The molecule has 2 aromatic heterocycles. The fraction of sp³-hybridized carbons (Fsp3) is 0.324. The van der Waals surface area contributed by atoms with Crippen LogP contribution in [0.15, 0.2) is 71.3 Å². The summed E-state index contributed by atoms with van der Waals surface area (Å²) in [7, 11) is 1.98. The molecule has 0 N–H and O–H groups in total. The zero-order valence-electron chi connectivity index (χ0n) is 25.3. The normalized spacial score (nSPS) is 22.4. The molecule has 37 heavy (non-hydrogen) atoms. The molecule has 2 aliphatic carbocycles. The van der Waals surface area contributed by atoms with E-state index in [-0.39, 0.29) is 17.0 Å². The van der Waals surface area contributed by atoms with E-state index in [2.05, 4.69) is 0 Å². The Kier molecular flexibility index (Phi) is 4.47. The van der Waals surface area contributed by atoms with Crippen LogP contribution in [0.1, 0.15) is 54.3 Å². The Labute approximate surface area is 223 Å². The van der Waals surface area contributed by atoms with Gasteiger partial charge in [0, 0.05) is 28.4 Å². The van der Waals surface area contributed by atoms with Crippen molar-refractivity contribution in [1.29, 1.82) is 0 Å². The Balaban J connectivity index is 1.50. The highest BCUT2D eigenvalue weighted by Crippen LogP contribution is 2.46. The molecule has 0 amide bonds. The molecule has 0 saturated heterocycles. The van der Waals surface area contributed by atoms with Crippen LogP contribution in [0.2, 0.25) is 0 Å². The van der Waals surface area contributed by atoms with E-state index in [0.29, 0.717) is 22.3 Å². The van der Waals surface area contributed by atoms with Crippen molar-refractivity contribution in [2.45, 2.75) is 51.8 Å². The molecule has 1 saturated carbocycles. The highest BCUT2D eigenvalue weighted by molar-refractivity contribution is 6.13. The lowest BCUT2D eigenvalue weighted by molar-refractivity contribution is -0.660. The summed E-state index contributed by atoms with van der Waals surface area (Å²) < 4.78 is 61.6. The summed E-state index contributed by atoms with van der Waals surface area (Å²) in [5, 5.41) is 1.61. The second-order valence-corrected chi connectivity index (χ2v) is 10.6. The number of nitrogens with zero attached hydrogens (tertiary/aromatic N) is 1. The molecule has 186 valence electrons. The lowest BCUT2D eigenvalue weighted by Gasteiger charge is -2.27. The van der Waals surface area contributed by atoms with Crippen molar-refractivity contribution in [2.75, 3.05) is 0 Å². The number of furan rings is 1. The first kappa shape index (κ1) is 18.7. The number of hydrogen-bond acceptors (Lipinski definition) is 1. The Morgan fingerprint density at radius 2 is 1.62 bits per heavy atom. The van der Waals surface area contributed by atoms with Gasteiger partial charge in [-0.3, -0.25) is 0 Å². The van der Waals surface area contributed by atoms with E-state index in [1.807, 2.05) is 55.1 Å². The molecule has 2 aliphatic rings. The van der Waals surface area contributed by atoms with Gasteiger partial charge in [-0.1, -0.05) is 62.4 Å². The van der Waals surface area contributed by atoms with Crippen LogP contribution in [0.3, 0.4) is 0 Å². The van der Waals surface area contributed by atoms with E-state index in [1.165, 1.54) is 6.07 Å². The van der Waals surface area contributed by atoms with Gasteiger partial charge in [0.25, 0.3) is 0 Å². The third-order valence-electron chi connectivity index (χ3n) is 8.34. The monoisotopic (exact) mass is 494 g/mol. The van der Waals surface area contributed by atoms with Gasteiger partial charge < -0.3 is 4.42 Å². The summed E-state index contributed by atoms with van der Waals surface area (Å²) in [4.78, 5) is 0. The van der Waals surface area contributed by atoms with Crippen molar-refractivity contribution in [3.05, 3.63) is 89.4 Å². The number of pyridine rings is 1. The van der Waals surface area contributed by atoms with Gasteiger partial charge in [-0.15, -0.1) is 0 Å². The molecule has 1 fully saturated rings. The molecule has 0 aliphatic heterocycles. The highest BCUT2D eigenvalue weighted by Gasteiger charge is 2.32. The van der Waals surface area contributed by atoms with Crippen molar-refractivity contribution in [3.8, 4) is 22.4 Å². The quantitative estimate of drug-likeness (QED) is 0.230. The fourth-order valence-corrected chi connectivity index (χ4v) is 6.43. The summed E-state index contributed by atoms with van der Waals surface area (Å²) in [5.41, 5.74) is 5.10. The van der Waals surface area contributed by atoms with Gasteiger partial charge in [-0.05, 0) is 72.0 Å². The Hall–Kier alpha value is -3.46. The minimum Gasteiger partial charge on any atom is -0.454 e. The second kappa shape index (κ2) is 8.83. The molecule has 2 heterocycles. The summed E-state index contributed by atoms with van der Waals surface area (Å²) in [5.74, 6) is -1.39. The zero-order chi connectivity index (χ0) is 28.7. The standard InChI is InChI=1S/C34H33FNO/c1-21-14-15-26-27-16-17-29(35)32(34(27)37-33(26)31(21)30-13-6-7-18-36(30)2)25-12-8-11-23-19-24(20-28(23)25)22-9-4-3-5-10-22/h6-8,11-18,22,24H,3-5,9-10,19-20H2,1-2H3/q+1/i19D2,20D2. The van der Waals surface area contributed by atoms with Gasteiger partial charge >= 0.3 is 0 Å². The van der Waals surface area contributed by atoms with Crippen molar-refractivity contribution in [3.63, 3.8) is 0 Å². The van der Waals surface area contributed by atoms with Crippen molar-refractivity contribution >= 4 is 21.9 Å². The molecule has 3 aromatic carbocycles. The predicted molar refractivity (Wildman–Crippen MR) is 148 cm³/mol. The lowest BCUT2D eigenvalue weighted by atomic mass is 9.78. The van der Waals surface area contributed by atoms with Crippen LogP contribution in [0, 0.1) is 24.6 Å². The van der Waals surface area contributed by atoms with Crippen LogP contribution in [0.5, 0.6) is 0 Å². The number of aryl methyl sites for hydroxylation is 2. The molecule has 0 spiro atoms. The lowest BCUT2D eigenvalue weighted by Crippen LogP contribution is -2.30. The largest absolute Gasteiger partial charge is 0.454 e. The van der Waals surface area contributed by atoms with Crippen LogP contribution in [0.25, 0.3) is 44.3 Å². The molecule has 0 radical (unpaired) electrons. The summed E-state index contributed by atoms with van der Waals surface area (Å²) in [6.45, 7) is 2.03. The topological polar surface area (TPSA) is 17.0 Å². The number of rotatable bonds is 3. The first-order valence-electron chi connectivity index (χ1n) is 15.4. The molecular weight excluding hydrogens is 457 g/mol. The Morgan fingerprint density at radius 1 is 0.838 bits per heavy atom. The van der Waals surface area contributed by atoms with Gasteiger partial charge in [-0.25, -0.2) is 8.96 Å². The molecule has 7 rings (SSSR count). The van der Waals surface area contributed by atoms with Gasteiger partial charge in [-0.2, -0.15) is 0 Å². The number of hydrogen-bond donors (Lipinski definition) is 0. The van der Waals surface area contributed by atoms with Gasteiger partial charge in [0.1, 0.15) is 24.0 Å². The van der Waals surface area contributed by atoms with Gasteiger partial charge in [0.2, 0.25) is 5.69 Å². The molecule has 0 bridgehead atoms. The van der Waals surface area contributed by atoms with Gasteiger partial charge in [0.05, 0.1) is 11.1 Å². The Bertz CT molecular complexity index is 1840. The van der Waals surface area contributed by atoms with E-state index in [4.69, 9.17) is 7.16 Å². The average Bonchev–Trinajstić information content (AvgIpc) is 3.39. The zero-order valence-corrected chi connectivity index (χ0v) is 21.3. The third kappa shape index (κ3) is 3.62. The molecular formula is C34H33FNO+. The van der Waals surface area contributed by atoms with Gasteiger partial charge in [0.15, 0.2) is 6.20 Å². The number of aromatic nitrogens is 1. The molecule has 1 atom stereocenters. The van der Waals surface area contributed by atoms with Crippen molar-refractivity contribution in [1.82, 2.24) is 0 Å². The maximum atomic E-state index is 16.0. The van der Waals surface area contributed by atoms with E-state index in [9.17, 15) is 2.74 Å². The number of fused-ring (bicyclic) bond motifs is 4. The first-order chi connectivity index (χ1) is 19.6. The van der Waals surface area contributed by atoms with Crippen LogP contribution in [-0.2, 0) is 19.8 Å². The van der Waals surface area contributed by atoms with Crippen LogP contribution in [0.4, 0.5) is 4.39 Å². The molecule has 3 heteroatoms. The third-order valence-corrected chi connectivity index (χ3v) is 8.34. The number of benzene rings is 3. The highest BCUT2D eigenvalue weighted by atomic mass is 19.1. The smallest absolute Gasteiger partial charge is 0.216 e. The fourth-order valence-electron chi connectivity index (χ4n) is 6.43. The average molecular weight is 495 g/mol. The van der Waals surface area contributed by atoms with Crippen LogP contribution < -0.4 is 4.57 Å². The molecule has 1 unspecified atom stereocenters. The van der Waals surface area contributed by atoms with E-state index >= 15 is 4.39 Å². The number of halogens is 1. The summed E-state index contributed by atoms with van der Waals surface area (Å²) >= 11 is 0. The minimum absolute atomic E-state index is 0.0574. The van der Waals surface area contributed by atoms with E-state index < -0.39 is 24.5 Å². The van der Waals surface area contributed by atoms with E-state index in [1.54, 1.807) is 24.3 Å². The molecule has 5 aromatic rings. The summed E-state index contributed by atoms with van der Waals surface area (Å²) in [6.07, 6.45) is 2.88. The maximum absolute atomic E-state index is 16.0. The van der Waals surface area contributed by atoms with Crippen molar-refractivity contribution in [2.24, 2.45) is 18.9 Å². The maximum Gasteiger partial charge on any atom is 0.216 e. The molecule has 2 nitrogen and oxygen atoms in total. The second-order valence-electron chi connectivity index (χ2n) is 10.6. The van der Waals surface area contributed by atoms with Crippen LogP contribution in [-0.4, -0.2) is 0 Å². The summed E-state index contributed by atoms with van der Waals surface area (Å²) in [6, 6.07) is 18.3. The van der Waals surface area contributed by atoms with Crippen molar-refractivity contribution < 1.29 is 18.9 Å². The first-order valence-corrected chi connectivity index (χ1v) is 13.4.